The van der Waals surface area contributed by atoms with Gasteiger partial charge >= 0.3 is 0 Å². The van der Waals surface area contributed by atoms with Crippen LogP contribution >= 0.6 is 0 Å². The largest absolute Gasteiger partial charge is 0.382 e. The van der Waals surface area contributed by atoms with Crippen LogP contribution in [0.2, 0.25) is 0 Å². The van der Waals surface area contributed by atoms with Crippen molar-refractivity contribution in [2.45, 2.75) is 32.6 Å². The van der Waals surface area contributed by atoms with Crippen LogP contribution in [0.5, 0.6) is 0 Å². The summed E-state index contributed by atoms with van der Waals surface area (Å²) in [6.45, 7) is 5.71. The van der Waals surface area contributed by atoms with E-state index in [0.717, 1.165) is 39.1 Å². The zero-order chi connectivity index (χ0) is 9.36. The molecular weight excluding hydrogens is 164 g/mol. The van der Waals surface area contributed by atoms with Crippen molar-refractivity contribution in [1.82, 2.24) is 5.32 Å². The standard InChI is InChI=1S/C10H20N2O/c1-2-13-9-5-8-12-10-6-3-4-7-11-10/h2-9H2,1H3,(H,11,12). The molecule has 1 heterocycles. The molecule has 0 fully saturated rings. The van der Waals surface area contributed by atoms with E-state index in [4.69, 9.17) is 4.74 Å². The molecule has 0 atom stereocenters. The van der Waals surface area contributed by atoms with Crippen LogP contribution in [-0.2, 0) is 4.74 Å². The molecule has 1 aliphatic rings. The van der Waals surface area contributed by atoms with E-state index >= 15 is 0 Å². The minimum atomic E-state index is 0.820. The topological polar surface area (TPSA) is 33.6 Å². The maximum atomic E-state index is 5.24. The molecule has 1 aliphatic heterocycles. The summed E-state index contributed by atoms with van der Waals surface area (Å²) in [4.78, 5) is 4.41. The molecule has 0 aromatic rings. The van der Waals surface area contributed by atoms with Crippen LogP contribution in [0, 0.1) is 0 Å². The van der Waals surface area contributed by atoms with Crippen LogP contribution in [0.25, 0.3) is 0 Å². The summed E-state index contributed by atoms with van der Waals surface area (Å²) < 4.78 is 5.24. The van der Waals surface area contributed by atoms with Crippen molar-refractivity contribution >= 4 is 5.84 Å². The van der Waals surface area contributed by atoms with E-state index in [1.54, 1.807) is 0 Å². The normalized spacial score (nSPS) is 16.8. The predicted molar refractivity (Wildman–Crippen MR) is 55.3 cm³/mol. The molecule has 3 heteroatoms. The highest BCUT2D eigenvalue weighted by molar-refractivity contribution is 5.82. The lowest BCUT2D eigenvalue weighted by Gasteiger charge is -2.13. The van der Waals surface area contributed by atoms with Crippen molar-refractivity contribution in [1.29, 1.82) is 0 Å². The Hall–Kier alpha value is -0.570. The van der Waals surface area contributed by atoms with E-state index in [1.165, 1.54) is 18.7 Å². The summed E-state index contributed by atoms with van der Waals surface area (Å²) >= 11 is 0. The third-order valence-corrected chi connectivity index (χ3v) is 2.12. The molecule has 0 unspecified atom stereocenters. The Balaban J connectivity index is 1.95. The Kier molecular flexibility index (Phi) is 5.57. The van der Waals surface area contributed by atoms with Crippen LogP contribution in [0.15, 0.2) is 4.99 Å². The minimum absolute atomic E-state index is 0.820. The number of aliphatic imine (C=N–C) groups is 1. The van der Waals surface area contributed by atoms with Gasteiger partial charge in [0.25, 0.3) is 0 Å². The van der Waals surface area contributed by atoms with Gasteiger partial charge in [0.1, 0.15) is 0 Å². The van der Waals surface area contributed by atoms with Crippen LogP contribution < -0.4 is 5.32 Å². The monoisotopic (exact) mass is 184 g/mol. The second kappa shape index (κ2) is 6.89. The number of hydrogen-bond acceptors (Lipinski definition) is 3. The van der Waals surface area contributed by atoms with Crippen molar-refractivity contribution < 1.29 is 4.74 Å². The summed E-state index contributed by atoms with van der Waals surface area (Å²) in [5.41, 5.74) is 0. The Labute approximate surface area is 80.6 Å². The smallest absolute Gasteiger partial charge is 0.0963 e. The van der Waals surface area contributed by atoms with E-state index < -0.39 is 0 Å². The van der Waals surface area contributed by atoms with Crippen LogP contribution in [0.1, 0.15) is 32.6 Å². The van der Waals surface area contributed by atoms with Crippen molar-refractivity contribution in [2.75, 3.05) is 26.3 Å². The number of nitrogens with zero attached hydrogens (tertiary/aromatic N) is 1. The Morgan fingerprint density at radius 3 is 3.08 bits per heavy atom. The van der Waals surface area contributed by atoms with Crippen molar-refractivity contribution in [3.8, 4) is 0 Å². The van der Waals surface area contributed by atoms with Gasteiger partial charge in [-0.15, -0.1) is 0 Å². The average Bonchev–Trinajstić information content (AvgIpc) is 2.19. The van der Waals surface area contributed by atoms with E-state index in [-0.39, 0.29) is 0 Å². The van der Waals surface area contributed by atoms with Gasteiger partial charge < -0.3 is 10.1 Å². The number of rotatable bonds is 5. The number of amidine groups is 1. The summed E-state index contributed by atoms with van der Waals surface area (Å²) in [6, 6.07) is 0. The molecule has 3 nitrogen and oxygen atoms in total. The molecule has 0 saturated carbocycles. The molecular formula is C10H20N2O. The van der Waals surface area contributed by atoms with Crippen molar-refractivity contribution in [3.63, 3.8) is 0 Å². The van der Waals surface area contributed by atoms with Gasteiger partial charge in [-0.2, -0.15) is 0 Å². The molecule has 0 aliphatic carbocycles. The minimum Gasteiger partial charge on any atom is -0.382 e. The van der Waals surface area contributed by atoms with Gasteiger partial charge in [0, 0.05) is 32.7 Å². The Morgan fingerprint density at radius 2 is 2.38 bits per heavy atom. The van der Waals surface area contributed by atoms with Crippen molar-refractivity contribution in [3.05, 3.63) is 0 Å². The summed E-state index contributed by atoms with van der Waals surface area (Å²) in [7, 11) is 0. The third kappa shape index (κ3) is 4.88. The zero-order valence-corrected chi connectivity index (χ0v) is 8.51. The SMILES string of the molecule is CCOCCCNC1=NCCCC1. The van der Waals surface area contributed by atoms with E-state index in [9.17, 15) is 0 Å². The van der Waals surface area contributed by atoms with Crippen LogP contribution in [0.3, 0.4) is 0 Å². The quantitative estimate of drug-likeness (QED) is 0.658. The highest BCUT2D eigenvalue weighted by Gasteiger charge is 2.02. The summed E-state index contributed by atoms with van der Waals surface area (Å²) in [6.07, 6.45) is 4.75. The maximum Gasteiger partial charge on any atom is 0.0963 e. The molecule has 0 radical (unpaired) electrons. The molecule has 1 rings (SSSR count). The van der Waals surface area contributed by atoms with Crippen LogP contribution in [-0.4, -0.2) is 32.1 Å². The van der Waals surface area contributed by atoms with Gasteiger partial charge in [0.2, 0.25) is 0 Å². The molecule has 0 bridgehead atoms. The lowest BCUT2D eigenvalue weighted by Crippen LogP contribution is -2.27. The van der Waals surface area contributed by atoms with Crippen molar-refractivity contribution in [2.24, 2.45) is 4.99 Å². The fourth-order valence-electron chi connectivity index (χ4n) is 1.39. The predicted octanol–water partition coefficient (Wildman–Crippen LogP) is 1.58. The molecule has 0 amide bonds. The molecule has 0 aromatic carbocycles. The fourth-order valence-corrected chi connectivity index (χ4v) is 1.39. The summed E-state index contributed by atoms with van der Waals surface area (Å²) in [5, 5.41) is 3.35. The maximum absolute atomic E-state index is 5.24. The first-order chi connectivity index (χ1) is 6.43. The van der Waals surface area contributed by atoms with Gasteiger partial charge in [-0.05, 0) is 26.2 Å². The molecule has 0 aromatic heterocycles. The first kappa shape index (κ1) is 10.5. The van der Waals surface area contributed by atoms with E-state index in [1.807, 2.05) is 6.92 Å². The highest BCUT2D eigenvalue weighted by Crippen LogP contribution is 2.03. The van der Waals surface area contributed by atoms with Gasteiger partial charge in [0.15, 0.2) is 0 Å². The zero-order valence-electron chi connectivity index (χ0n) is 8.51. The summed E-state index contributed by atoms with van der Waals surface area (Å²) in [5.74, 6) is 1.20. The van der Waals surface area contributed by atoms with Crippen LogP contribution in [0.4, 0.5) is 0 Å². The Morgan fingerprint density at radius 1 is 1.46 bits per heavy atom. The second-order valence-corrected chi connectivity index (χ2v) is 3.26. The number of nitrogens with one attached hydrogen (secondary N) is 1. The number of hydrogen-bond donors (Lipinski definition) is 1. The molecule has 13 heavy (non-hydrogen) atoms. The fraction of sp³-hybridized carbons (Fsp3) is 0.900. The second-order valence-electron chi connectivity index (χ2n) is 3.26. The van der Waals surface area contributed by atoms with Gasteiger partial charge in [0.05, 0.1) is 5.84 Å². The van der Waals surface area contributed by atoms with Gasteiger partial charge in [-0.1, -0.05) is 0 Å². The van der Waals surface area contributed by atoms with Gasteiger partial charge in [-0.3, -0.25) is 4.99 Å². The third-order valence-electron chi connectivity index (χ3n) is 2.12. The lowest BCUT2D eigenvalue weighted by atomic mass is 10.2. The lowest BCUT2D eigenvalue weighted by molar-refractivity contribution is 0.145. The molecule has 1 N–H and O–H groups in total. The molecule has 76 valence electrons. The highest BCUT2D eigenvalue weighted by atomic mass is 16.5. The first-order valence-electron chi connectivity index (χ1n) is 5.28. The van der Waals surface area contributed by atoms with E-state index in [0.29, 0.717) is 0 Å². The molecule has 0 saturated heterocycles. The first-order valence-corrected chi connectivity index (χ1v) is 5.28. The van der Waals surface area contributed by atoms with Gasteiger partial charge in [-0.25, -0.2) is 0 Å². The Bertz CT molecular complexity index is 157. The molecule has 0 spiro atoms. The number of ether oxygens (including phenoxy) is 1. The average molecular weight is 184 g/mol. The van der Waals surface area contributed by atoms with E-state index in [2.05, 4.69) is 10.3 Å².